The molecule has 0 heterocycles. The summed E-state index contributed by atoms with van der Waals surface area (Å²) in [6, 6.07) is 4.83. The molecule has 118 valence electrons. The lowest BCUT2D eigenvalue weighted by molar-refractivity contribution is -0.128. The number of benzene rings is 1. The molecule has 0 aliphatic carbocycles. The Kier molecular flexibility index (Phi) is 7.15. The minimum absolute atomic E-state index is 0.0861. The van der Waals surface area contributed by atoms with Gasteiger partial charge in [-0.1, -0.05) is 19.9 Å². The highest BCUT2D eigenvalue weighted by Crippen LogP contribution is 2.20. The first kappa shape index (κ1) is 17.4. The van der Waals surface area contributed by atoms with Crippen molar-refractivity contribution in [2.24, 2.45) is 5.73 Å². The fourth-order valence-electron chi connectivity index (χ4n) is 2.02. The standard InChI is InChI=1S/C16H25FN2O2/c1-4-13(5-2)19-16(20)11(3)21-15-7-6-12(8-9-18)10-14(15)17/h6-7,10-11,13H,4-5,8-9,18H2,1-3H3,(H,19,20). The van der Waals surface area contributed by atoms with Crippen LogP contribution in [0.5, 0.6) is 5.75 Å². The van der Waals surface area contributed by atoms with Crippen LogP contribution < -0.4 is 15.8 Å². The molecule has 1 atom stereocenters. The monoisotopic (exact) mass is 296 g/mol. The smallest absolute Gasteiger partial charge is 0.260 e. The molecule has 1 aromatic carbocycles. The van der Waals surface area contributed by atoms with Crippen LogP contribution in [0.4, 0.5) is 4.39 Å². The average Bonchev–Trinajstić information content (AvgIpc) is 2.47. The Balaban J connectivity index is 2.65. The van der Waals surface area contributed by atoms with Gasteiger partial charge in [0, 0.05) is 6.04 Å². The summed E-state index contributed by atoms with van der Waals surface area (Å²) in [5.74, 6) is -0.611. The number of amides is 1. The van der Waals surface area contributed by atoms with Crippen LogP contribution in [0.25, 0.3) is 0 Å². The molecule has 1 unspecified atom stereocenters. The van der Waals surface area contributed by atoms with Crippen molar-refractivity contribution in [3.05, 3.63) is 29.6 Å². The van der Waals surface area contributed by atoms with E-state index in [1.807, 2.05) is 13.8 Å². The van der Waals surface area contributed by atoms with Crippen LogP contribution in [0, 0.1) is 5.82 Å². The quantitative estimate of drug-likeness (QED) is 0.774. The van der Waals surface area contributed by atoms with Crippen LogP contribution in [0.2, 0.25) is 0 Å². The van der Waals surface area contributed by atoms with Gasteiger partial charge in [-0.15, -0.1) is 0 Å². The van der Waals surface area contributed by atoms with Gasteiger partial charge in [-0.2, -0.15) is 0 Å². The van der Waals surface area contributed by atoms with Gasteiger partial charge >= 0.3 is 0 Å². The SMILES string of the molecule is CCC(CC)NC(=O)C(C)Oc1ccc(CCN)cc1F. The van der Waals surface area contributed by atoms with Gasteiger partial charge in [0.2, 0.25) is 0 Å². The van der Waals surface area contributed by atoms with E-state index in [4.69, 9.17) is 10.5 Å². The van der Waals surface area contributed by atoms with Gasteiger partial charge in [0.05, 0.1) is 0 Å². The topological polar surface area (TPSA) is 64.3 Å². The van der Waals surface area contributed by atoms with Crippen LogP contribution in [0.15, 0.2) is 18.2 Å². The number of nitrogens with one attached hydrogen (secondary N) is 1. The third-order valence-electron chi connectivity index (χ3n) is 3.43. The summed E-state index contributed by atoms with van der Waals surface area (Å²) in [5.41, 5.74) is 6.25. The fraction of sp³-hybridized carbons (Fsp3) is 0.562. The number of hydrogen-bond donors (Lipinski definition) is 2. The van der Waals surface area contributed by atoms with E-state index in [-0.39, 0.29) is 17.7 Å². The molecule has 5 heteroatoms. The van der Waals surface area contributed by atoms with Crippen molar-refractivity contribution in [2.75, 3.05) is 6.54 Å². The van der Waals surface area contributed by atoms with E-state index in [9.17, 15) is 9.18 Å². The second-order valence-electron chi connectivity index (χ2n) is 5.09. The predicted octanol–water partition coefficient (Wildman–Crippen LogP) is 2.40. The van der Waals surface area contributed by atoms with Gasteiger partial charge in [0.25, 0.3) is 5.91 Å². The van der Waals surface area contributed by atoms with Crippen molar-refractivity contribution < 1.29 is 13.9 Å². The molecule has 0 radical (unpaired) electrons. The minimum atomic E-state index is -0.736. The van der Waals surface area contributed by atoms with E-state index >= 15 is 0 Å². The summed E-state index contributed by atoms with van der Waals surface area (Å²) >= 11 is 0. The largest absolute Gasteiger partial charge is 0.478 e. The van der Waals surface area contributed by atoms with Crippen LogP contribution in [-0.4, -0.2) is 24.6 Å². The third-order valence-corrected chi connectivity index (χ3v) is 3.43. The number of halogens is 1. The number of carbonyl (C=O) groups excluding carboxylic acids is 1. The second-order valence-corrected chi connectivity index (χ2v) is 5.09. The molecule has 0 aliphatic heterocycles. The molecule has 1 aromatic rings. The van der Waals surface area contributed by atoms with Gasteiger partial charge in [-0.3, -0.25) is 4.79 Å². The van der Waals surface area contributed by atoms with E-state index in [1.54, 1.807) is 19.1 Å². The van der Waals surface area contributed by atoms with E-state index in [1.165, 1.54) is 6.07 Å². The van der Waals surface area contributed by atoms with Crippen molar-refractivity contribution in [3.63, 3.8) is 0 Å². The number of carbonyl (C=O) groups is 1. The highest BCUT2D eigenvalue weighted by Gasteiger charge is 2.18. The maximum atomic E-state index is 13.9. The Hall–Kier alpha value is -1.62. The van der Waals surface area contributed by atoms with Crippen molar-refractivity contribution >= 4 is 5.91 Å². The second kappa shape index (κ2) is 8.62. The van der Waals surface area contributed by atoms with E-state index in [0.29, 0.717) is 13.0 Å². The van der Waals surface area contributed by atoms with E-state index < -0.39 is 11.9 Å². The van der Waals surface area contributed by atoms with Crippen molar-refractivity contribution in [1.82, 2.24) is 5.32 Å². The van der Waals surface area contributed by atoms with E-state index in [2.05, 4.69) is 5.32 Å². The van der Waals surface area contributed by atoms with Crippen molar-refractivity contribution in [1.29, 1.82) is 0 Å². The molecular weight excluding hydrogens is 271 g/mol. The number of rotatable bonds is 8. The molecule has 3 N–H and O–H groups in total. The van der Waals surface area contributed by atoms with Crippen LogP contribution in [0.3, 0.4) is 0 Å². The minimum Gasteiger partial charge on any atom is -0.478 e. The number of nitrogens with two attached hydrogens (primary N) is 1. The summed E-state index contributed by atoms with van der Waals surface area (Å²) < 4.78 is 19.3. The average molecular weight is 296 g/mol. The normalized spacial score (nSPS) is 12.3. The van der Waals surface area contributed by atoms with Crippen LogP contribution >= 0.6 is 0 Å². The van der Waals surface area contributed by atoms with Crippen molar-refractivity contribution in [3.8, 4) is 5.75 Å². The molecule has 0 aromatic heterocycles. The van der Waals surface area contributed by atoms with Gasteiger partial charge < -0.3 is 15.8 Å². The Bertz CT molecular complexity index is 462. The first-order valence-electron chi connectivity index (χ1n) is 7.47. The number of hydrogen-bond acceptors (Lipinski definition) is 3. The molecule has 4 nitrogen and oxygen atoms in total. The zero-order valence-electron chi connectivity index (χ0n) is 13.0. The Morgan fingerprint density at radius 3 is 2.57 bits per heavy atom. The van der Waals surface area contributed by atoms with E-state index in [0.717, 1.165) is 18.4 Å². The van der Waals surface area contributed by atoms with Gasteiger partial charge in [-0.25, -0.2) is 4.39 Å². The molecule has 0 saturated carbocycles. The maximum Gasteiger partial charge on any atom is 0.260 e. The third kappa shape index (κ3) is 5.34. The molecule has 0 spiro atoms. The molecular formula is C16H25FN2O2. The van der Waals surface area contributed by atoms with Crippen LogP contribution in [-0.2, 0) is 11.2 Å². The lowest BCUT2D eigenvalue weighted by Crippen LogP contribution is -2.42. The summed E-state index contributed by atoms with van der Waals surface area (Å²) in [4.78, 5) is 12.0. The Labute approximate surface area is 125 Å². The summed E-state index contributed by atoms with van der Waals surface area (Å²) in [6.07, 6.45) is 1.59. The van der Waals surface area contributed by atoms with Crippen LogP contribution in [0.1, 0.15) is 39.2 Å². The molecule has 0 saturated heterocycles. The first-order valence-corrected chi connectivity index (χ1v) is 7.47. The Morgan fingerprint density at radius 1 is 1.38 bits per heavy atom. The molecule has 0 aliphatic rings. The first-order chi connectivity index (χ1) is 10.0. The Morgan fingerprint density at radius 2 is 2.05 bits per heavy atom. The highest BCUT2D eigenvalue weighted by molar-refractivity contribution is 5.81. The van der Waals surface area contributed by atoms with Crippen molar-refractivity contribution in [2.45, 2.75) is 52.2 Å². The predicted molar refractivity (Wildman–Crippen MR) is 81.8 cm³/mol. The zero-order valence-corrected chi connectivity index (χ0v) is 13.0. The highest BCUT2D eigenvalue weighted by atomic mass is 19.1. The van der Waals surface area contributed by atoms with Gasteiger partial charge in [0.15, 0.2) is 17.7 Å². The molecule has 21 heavy (non-hydrogen) atoms. The maximum absolute atomic E-state index is 13.9. The molecule has 1 rings (SSSR count). The number of ether oxygens (including phenoxy) is 1. The van der Waals surface area contributed by atoms with Gasteiger partial charge in [0.1, 0.15) is 0 Å². The summed E-state index contributed by atoms with van der Waals surface area (Å²) in [6.45, 7) is 6.10. The molecule has 0 bridgehead atoms. The molecule has 1 amide bonds. The molecule has 0 fully saturated rings. The zero-order chi connectivity index (χ0) is 15.8. The fourth-order valence-corrected chi connectivity index (χ4v) is 2.02. The lowest BCUT2D eigenvalue weighted by Gasteiger charge is -2.19. The summed E-state index contributed by atoms with van der Waals surface area (Å²) in [7, 11) is 0. The van der Waals surface area contributed by atoms with Gasteiger partial charge in [-0.05, 0) is 50.4 Å². The lowest BCUT2D eigenvalue weighted by atomic mass is 10.1. The summed E-state index contributed by atoms with van der Waals surface area (Å²) in [5, 5.41) is 2.88.